The van der Waals surface area contributed by atoms with E-state index in [4.69, 9.17) is 5.11 Å². The third-order valence-corrected chi connectivity index (χ3v) is 5.54. The molecule has 1 aliphatic carbocycles. The zero-order valence-electron chi connectivity index (χ0n) is 12.4. The minimum absolute atomic E-state index is 0.00469. The normalized spacial score (nSPS) is 17.0. The summed E-state index contributed by atoms with van der Waals surface area (Å²) in [4.78, 5) is 0.0118. The molecule has 1 saturated carbocycles. The Morgan fingerprint density at radius 3 is 2.57 bits per heavy atom. The smallest absolute Gasteiger partial charge is 0.240 e. The van der Waals surface area contributed by atoms with Gasteiger partial charge in [0.2, 0.25) is 10.0 Å². The molecule has 1 fully saturated rings. The summed E-state index contributed by atoms with van der Waals surface area (Å²) in [6.07, 6.45) is 4.15. The maximum atomic E-state index is 13.7. The Labute approximate surface area is 125 Å². The molecule has 21 heavy (non-hydrogen) atoms. The summed E-state index contributed by atoms with van der Waals surface area (Å²) in [6, 6.07) is 2.50. The van der Waals surface area contributed by atoms with Crippen LogP contribution in [-0.2, 0) is 16.6 Å². The molecule has 6 heteroatoms. The van der Waals surface area contributed by atoms with Crippen LogP contribution in [0.25, 0.3) is 0 Å². The fourth-order valence-corrected chi connectivity index (χ4v) is 3.92. The average molecular weight is 315 g/mol. The minimum Gasteiger partial charge on any atom is -0.392 e. The van der Waals surface area contributed by atoms with Gasteiger partial charge in [-0.15, -0.1) is 0 Å². The number of rotatable bonds is 7. The molecule has 1 aliphatic rings. The van der Waals surface area contributed by atoms with E-state index < -0.39 is 22.4 Å². The maximum absolute atomic E-state index is 13.7. The molecular formula is C15H22FNO3S. The summed E-state index contributed by atoms with van der Waals surface area (Å²) < 4.78 is 41.0. The van der Waals surface area contributed by atoms with Gasteiger partial charge in [0.1, 0.15) is 5.82 Å². The molecule has 2 rings (SSSR count). The molecule has 0 amide bonds. The molecular weight excluding hydrogens is 293 g/mol. The van der Waals surface area contributed by atoms with Gasteiger partial charge in [-0.25, -0.2) is 17.5 Å². The van der Waals surface area contributed by atoms with Crippen LogP contribution >= 0.6 is 0 Å². The van der Waals surface area contributed by atoms with E-state index in [0.29, 0.717) is 6.54 Å². The first kappa shape index (κ1) is 16.4. The van der Waals surface area contributed by atoms with Crippen molar-refractivity contribution >= 4 is 10.0 Å². The van der Waals surface area contributed by atoms with Crippen molar-refractivity contribution < 1.29 is 17.9 Å². The Hall–Kier alpha value is -0.980. The second-order valence-electron chi connectivity index (χ2n) is 5.95. The van der Waals surface area contributed by atoms with Gasteiger partial charge in [0, 0.05) is 12.1 Å². The predicted molar refractivity (Wildman–Crippen MR) is 78.8 cm³/mol. The summed E-state index contributed by atoms with van der Waals surface area (Å²) in [5, 5.41) is 9.12. The number of nitrogens with one attached hydrogen (secondary N) is 1. The van der Waals surface area contributed by atoms with E-state index in [-0.39, 0.29) is 21.4 Å². The van der Waals surface area contributed by atoms with Crippen LogP contribution in [0.15, 0.2) is 17.0 Å². The Morgan fingerprint density at radius 1 is 1.38 bits per heavy atom. The van der Waals surface area contributed by atoms with Gasteiger partial charge in [-0.2, -0.15) is 0 Å². The molecule has 2 N–H and O–H groups in total. The van der Waals surface area contributed by atoms with E-state index in [9.17, 15) is 12.8 Å². The van der Waals surface area contributed by atoms with Crippen LogP contribution in [0.5, 0.6) is 0 Å². The first-order valence-corrected chi connectivity index (χ1v) is 8.71. The summed E-state index contributed by atoms with van der Waals surface area (Å²) in [5.41, 5.74) is 0.332. The Bertz CT molecular complexity index is 624. The van der Waals surface area contributed by atoms with Gasteiger partial charge in [0.15, 0.2) is 0 Å². The van der Waals surface area contributed by atoms with Crippen molar-refractivity contribution in [1.29, 1.82) is 0 Å². The van der Waals surface area contributed by atoms with E-state index in [0.717, 1.165) is 25.7 Å². The molecule has 0 radical (unpaired) electrons. The van der Waals surface area contributed by atoms with Crippen molar-refractivity contribution in [3.05, 3.63) is 29.1 Å². The standard InChI is InChI=1S/C15H22FNO3S/c1-3-4-15(5-6-15)10-17-21(19,20)13-7-11(2)14(16)12(8-13)9-18/h7-8,17-18H,3-6,9-10H2,1-2H3. The zero-order valence-corrected chi connectivity index (χ0v) is 13.3. The van der Waals surface area contributed by atoms with Gasteiger partial charge >= 0.3 is 0 Å². The second kappa shape index (κ2) is 6.02. The van der Waals surface area contributed by atoms with Gasteiger partial charge in [-0.3, -0.25) is 0 Å². The highest BCUT2D eigenvalue weighted by Crippen LogP contribution is 2.49. The van der Waals surface area contributed by atoms with Crippen LogP contribution in [0.2, 0.25) is 0 Å². The third-order valence-electron chi connectivity index (χ3n) is 4.16. The van der Waals surface area contributed by atoms with Crippen LogP contribution in [0.3, 0.4) is 0 Å². The maximum Gasteiger partial charge on any atom is 0.240 e. The largest absolute Gasteiger partial charge is 0.392 e. The monoisotopic (exact) mass is 315 g/mol. The highest BCUT2D eigenvalue weighted by Gasteiger charge is 2.42. The molecule has 118 valence electrons. The van der Waals surface area contributed by atoms with Gasteiger partial charge in [-0.05, 0) is 49.3 Å². The van der Waals surface area contributed by atoms with E-state index in [1.54, 1.807) is 0 Å². The van der Waals surface area contributed by atoms with Gasteiger partial charge in [0.25, 0.3) is 0 Å². The summed E-state index contributed by atoms with van der Waals surface area (Å²) in [7, 11) is -3.67. The molecule has 0 aliphatic heterocycles. The zero-order chi connectivity index (χ0) is 15.7. The Morgan fingerprint density at radius 2 is 2.05 bits per heavy atom. The summed E-state index contributed by atoms with van der Waals surface area (Å²) in [6.45, 7) is 3.49. The number of sulfonamides is 1. The molecule has 0 aromatic heterocycles. The highest BCUT2D eigenvalue weighted by atomic mass is 32.2. The number of benzene rings is 1. The average Bonchev–Trinajstić information content (AvgIpc) is 3.20. The number of aryl methyl sites for hydroxylation is 1. The number of hydrogen-bond acceptors (Lipinski definition) is 3. The van der Waals surface area contributed by atoms with E-state index in [1.807, 2.05) is 0 Å². The first-order valence-electron chi connectivity index (χ1n) is 7.23. The molecule has 0 atom stereocenters. The summed E-state index contributed by atoms with van der Waals surface area (Å²) >= 11 is 0. The quantitative estimate of drug-likeness (QED) is 0.812. The van der Waals surface area contributed by atoms with Crippen molar-refractivity contribution in [2.45, 2.75) is 51.0 Å². The first-order chi connectivity index (χ1) is 9.83. The van der Waals surface area contributed by atoms with Crippen molar-refractivity contribution in [1.82, 2.24) is 4.72 Å². The van der Waals surface area contributed by atoms with Gasteiger partial charge < -0.3 is 5.11 Å². The number of hydrogen-bond donors (Lipinski definition) is 2. The molecule has 0 saturated heterocycles. The molecule has 4 nitrogen and oxygen atoms in total. The lowest BCUT2D eigenvalue weighted by Gasteiger charge is -2.16. The van der Waals surface area contributed by atoms with Crippen molar-refractivity contribution in [2.75, 3.05) is 6.54 Å². The SMILES string of the molecule is CCCC1(CNS(=O)(=O)c2cc(C)c(F)c(CO)c2)CC1. The van der Waals surface area contributed by atoms with Crippen molar-refractivity contribution in [3.8, 4) is 0 Å². The van der Waals surface area contributed by atoms with Crippen molar-refractivity contribution in [2.24, 2.45) is 5.41 Å². The molecule has 1 aromatic carbocycles. The van der Waals surface area contributed by atoms with Crippen LogP contribution < -0.4 is 4.72 Å². The lowest BCUT2D eigenvalue weighted by atomic mass is 10.0. The lowest BCUT2D eigenvalue weighted by molar-refractivity contribution is 0.275. The predicted octanol–water partition coefficient (Wildman–Crippen LogP) is 2.49. The fraction of sp³-hybridized carbons (Fsp3) is 0.600. The third kappa shape index (κ3) is 3.62. The highest BCUT2D eigenvalue weighted by molar-refractivity contribution is 7.89. The molecule has 0 heterocycles. The van der Waals surface area contributed by atoms with E-state index in [1.165, 1.54) is 19.1 Å². The minimum atomic E-state index is -3.67. The number of halogens is 1. The number of aliphatic hydroxyl groups is 1. The Kier molecular flexibility index (Phi) is 4.70. The molecule has 0 bridgehead atoms. The summed E-state index contributed by atoms with van der Waals surface area (Å²) in [5.74, 6) is -0.555. The van der Waals surface area contributed by atoms with Crippen LogP contribution in [0.4, 0.5) is 4.39 Å². The topological polar surface area (TPSA) is 66.4 Å². The molecule has 0 unspecified atom stereocenters. The second-order valence-corrected chi connectivity index (χ2v) is 7.71. The fourth-order valence-electron chi connectivity index (χ4n) is 2.63. The van der Waals surface area contributed by atoms with E-state index >= 15 is 0 Å². The van der Waals surface area contributed by atoms with Crippen LogP contribution in [-0.4, -0.2) is 20.1 Å². The van der Waals surface area contributed by atoms with Crippen molar-refractivity contribution in [3.63, 3.8) is 0 Å². The van der Waals surface area contributed by atoms with E-state index in [2.05, 4.69) is 11.6 Å². The lowest BCUT2D eigenvalue weighted by Crippen LogP contribution is -2.30. The van der Waals surface area contributed by atoms with Gasteiger partial charge in [-0.1, -0.05) is 13.3 Å². The Balaban J connectivity index is 2.18. The van der Waals surface area contributed by atoms with Crippen LogP contribution in [0.1, 0.15) is 43.7 Å². The molecule has 0 spiro atoms. The van der Waals surface area contributed by atoms with Gasteiger partial charge in [0.05, 0.1) is 11.5 Å². The number of aliphatic hydroxyl groups excluding tert-OH is 1. The molecule has 1 aromatic rings. The van der Waals surface area contributed by atoms with Crippen LogP contribution in [0, 0.1) is 18.2 Å².